The first-order valence-electron chi connectivity index (χ1n) is 7.60. The molecule has 0 radical (unpaired) electrons. The third-order valence-electron chi connectivity index (χ3n) is 3.11. The van der Waals surface area contributed by atoms with E-state index in [-0.39, 0.29) is 11.3 Å². The molecule has 0 aliphatic rings. The van der Waals surface area contributed by atoms with E-state index in [0.29, 0.717) is 10.2 Å². The summed E-state index contributed by atoms with van der Waals surface area (Å²) < 4.78 is 10.7. The molecule has 0 aliphatic heterocycles. The summed E-state index contributed by atoms with van der Waals surface area (Å²) in [7, 11) is 1.40. The number of halogens is 1. The first kappa shape index (κ1) is 19.9. The highest BCUT2D eigenvalue weighted by Crippen LogP contribution is 2.30. The average Bonchev–Trinajstić information content (AvgIpc) is 2.57. The number of hydrogen-bond acceptors (Lipinski definition) is 4. The average molecular weight is 393 g/mol. The predicted molar refractivity (Wildman–Crippen MR) is 99.9 cm³/mol. The minimum atomic E-state index is -0.712. The molecule has 0 atom stereocenters. The Morgan fingerprint density at radius 1 is 1.25 bits per heavy atom. The number of aryl methyl sites for hydroxylation is 2. The smallest absolute Gasteiger partial charge is 0.351 e. The van der Waals surface area contributed by atoms with E-state index in [1.807, 2.05) is 45.0 Å². The molecule has 0 saturated heterocycles. The van der Waals surface area contributed by atoms with E-state index >= 15 is 0 Å². The summed E-state index contributed by atoms with van der Waals surface area (Å²) in [5.41, 5.74) is 1.13. The third kappa shape index (κ3) is 4.68. The fraction of sp³-hybridized carbons (Fsp3) is 0.263. The lowest BCUT2D eigenvalue weighted by molar-refractivity contribution is 0.104. The van der Waals surface area contributed by atoms with Crippen molar-refractivity contribution < 1.29 is 13.9 Å². The number of rotatable bonds is 4. The third-order valence-corrected chi connectivity index (χ3v) is 4.02. The van der Waals surface area contributed by atoms with Crippen LogP contribution in [0.5, 0.6) is 5.75 Å². The van der Waals surface area contributed by atoms with E-state index in [9.17, 15) is 9.59 Å². The van der Waals surface area contributed by atoms with Gasteiger partial charge in [-0.3, -0.25) is 4.79 Å². The zero-order valence-corrected chi connectivity index (χ0v) is 16.1. The Balaban J connectivity index is 0.00000139. The van der Waals surface area contributed by atoms with Crippen LogP contribution in [0.4, 0.5) is 0 Å². The van der Waals surface area contributed by atoms with Gasteiger partial charge in [0.2, 0.25) is 0 Å². The Bertz CT molecular complexity index is 803. The van der Waals surface area contributed by atoms with Crippen LogP contribution in [0.2, 0.25) is 0 Å². The molecule has 2 rings (SSSR count). The van der Waals surface area contributed by atoms with E-state index in [1.54, 1.807) is 13.0 Å². The Kier molecular flexibility index (Phi) is 7.65. The van der Waals surface area contributed by atoms with E-state index in [2.05, 4.69) is 15.9 Å². The first-order valence-corrected chi connectivity index (χ1v) is 8.39. The highest BCUT2D eigenvalue weighted by Gasteiger charge is 2.21. The fourth-order valence-corrected chi connectivity index (χ4v) is 2.47. The molecule has 1 heterocycles. The van der Waals surface area contributed by atoms with Crippen molar-refractivity contribution in [2.75, 3.05) is 7.11 Å². The van der Waals surface area contributed by atoms with E-state index in [0.717, 1.165) is 11.1 Å². The maximum atomic E-state index is 12.3. The van der Waals surface area contributed by atoms with Crippen LogP contribution < -0.4 is 10.4 Å². The second-order valence-corrected chi connectivity index (χ2v) is 5.57. The molecule has 0 bridgehead atoms. The van der Waals surface area contributed by atoms with Crippen LogP contribution in [0.25, 0.3) is 6.08 Å². The van der Waals surface area contributed by atoms with Crippen molar-refractivity contribution in [3.05, 3.63) is 67.7 Å². The molecular formula is C19H21BrO4. The van der Waals surface area contributed by atoms with Gasteiger partial charge in [0.1, 0.15) is 5.76 Å². The molecule has 0 fully saturated rings. The number of allylic oxidation sites excluding steroid dienone is 1. The molecule has 5 heteroatoms. The summed E-state index contributed by atoms with van der Waals surface area (Å²) in [6, 6.07) is 7.68. The highest BCUT2D eigenvalue weighted by atomic mass is 79.9. The molecule has 0 saturated carbocycles. The normalized spacial score (nSPS) is 10.2. The predicted octanol–water partition coefficient (Wildman–Crippen LogP) is 4.95. The number of ether oxygens (including phenoxy) is 1. The molecule has 0 aliphatic carbocycles. The maximum Gasteiger partial charge on any atom is 0.351 e. The molecular weight excluding hydrogens is 372 g/mol. The summed E-state index contributed by atoms with van der Waals surface area (Å²) >= 11 is 3.27. The summed E-state index contributed by atoms with van der Waals surface area (Å²) in [4.78, 5) is 24.3. The zero-order valence-electron chi connectivity index (χ0n) is 14.5. The molecule has 128 valence electrons. The number of ketones is 1. The Hall–Kier alpha value is -2.14. The van der Waals surface area contributed by atoms with Gasteiger partial charge in [0, 0.05) is 0 Å². The molecule has 0 spiro atoms. The lowest BCUT2D eigenvalue weighted by Crippen LogP contribution is -2.15. The number of benzene rings is 1. The number of methoxy groups -OCH3 is 1. The zero-order chi connectivity index (χ0) is 18.3. The molecule has 1 aromatic carbocycles. The van der Waals surface area contributed by atoms with Gasteiger partial charge < -0.3 is 9.15 Å². The summed E-state index contributed by atoms with van der Waals surface area (Å²) in [6.45, 7) is 7.58. The molecule has 0 amide bonds. The Labute approximate surface area is 150 Å². The van der Waals surface area contributed by atoms with E-state index in [1.165, 1.54) is 13.2 Å². The number of carbonyl (C=O) groups is 1. The Morgan fingerprint density at radius 3 is 2.50 bits per heavy atom. The van der Waals surface area contributed by atoms with Crippen molar-refractivity contribution in [2.24, 2.45) is 0 Å². The lowest BCUT2D eigenvalue weighted by atomic mass is 10.1. The molecule has 0 unspecified atom stereocenters. The minimum absolute atomic E-state index is 0.121. The minimum Gasteiger partial charge on any atom is -0.494 e. The van der Waals surface area contributed by atoms with Gasteiger partial charge in [-0.15, -0.1) is 0 Å². The summed E-state index contributed by atoms with van der Waals surface area (Å²) in [5, 5.41) is 0. The first-order chi connectivity index (χ1) is 11.4. The van der Waals surface area contributed by atoms with Crippen molar-refractivity contribution in [3.63, 3.8) is 0 Å². The van der Waals surface area contributed by atoms with Crippen molar-refractivity contribution >= 4 is 27.8 Å². The van der Waals surface area contributed by atoms with Crippen LogP contribution in [0, 0.1) is 13.8 Å². The van der Waals surface area contributed by atoms with Gasteiger partial charge in [0.15, 0.2) is 17.1 Å². The molecule has 4 nitrogen and oxygen atoms in total. The maximum absolute atomic E-state index is 12.3. The topological polar surface area (TPSA) is 56.5 Å². The van der Waals surface area contributed by atoms with E-state index in [4.69, 9.17) is 9.15 Å². The summed E-state index contributed by atoms with van der Waals surface area (Å²) in [6.07, 6.45) is 2.99. The van der Waals surface area contributed by atoms with Gasteiger partial charge in [0.05, 0.1) is 11.6 Å². The molecule has 0 N–H and O–H groups in total. The van der Waals surface area contributed by atoms with Crippen LogP contribution in [-0.4, -0.2) is 12.9 Å². The summed E-state index contributed by atoms with van der Waals surface area (Å²) in [5.74, 6) is 0.0847. The van der Waals surface area contributed by atoms with Crippen LogP contribution in [0.1, 0.15) is 41.1 Å². The van der Waals surface area contributed by atoms with Gasteiger partial charge in [0.25, 0.3) is 0 Å². The van der Waals surface area contributed by atoms with Crippen molar-refractivity contribution in [1.82, 2.24) is 0 Å². The van der Waals surface area contributed by atoms with Crippen molar-refractivity contribution in [2.45, 2.75) is 27.7 Å². The van der Waals surface area contributed by atoms with Crippen LogP contribution in [-0.2, 0) is 0 Å². The molecule has 24 heavy (non-hydrogen) atoms. The van der Waals surface area contributed by atoms with Gasteiger partial charge in [-0.2, -0.15) is 0 Å². The number of hydrogen-bond donors (Lipinski definition) is 0. The second kappa shape index (κ2) is 9.23. The van der Waals surface area contributed by atoms with Gasteiger partial charge in [-0.25, -0.2) is 4.79 Å². The van der Waals surface area contributed by atoms with Crippen LogP contribution in [0.15, 0.2) is 44.0 Å². The van der Waals surface area contributed by atoms with E-state index < -0.39 is 11.4 Å². The SMILES string of the molecule is CC.COc1c(Br)c(C)oc(=O)c1C(=O)/C=C/c1cccc(C)c1. The monoisotopic (exact) mass is 392 g/mol. The quantitative estimate of drug-likeness (QED) is 0.545. The molecule has 2 aromatic rings. The largest absolute Gasteiger partial charge is 0.494 e. The fourth-order valence-electron chi connectivity index (χ4n) is 2.03. The second-order valence-electron chi connectivity index (χ2n) is 4.78. The standard InChI is InChI=1S/C17H15BrO4.C2H6/c1-10-5-4-6-12(9-10)7-8-13(19)14-16(21-3)15(18)11(2)22-17(14)20;1-2/h4-9H,1-3H3;1-2H3/b8-7+;. The lowest BCUT2D eigenvalue weighted by Gasteiger charge is -2.08. The van der Waals surface area contributed by atoms with Crippen molar-refractivity contribution in [1.29, 1.82) is 0 Å². The highest BCUT2D eigenvalue weighted by molar-refractivity contribution is 9.10. The van der Waals surface area contributed by atoms with Crippen molar-refractivity contribution in [3.8, 4) is 5.75 Å². The Morgan fingerprint density at radius 2 is 1.92 bits per heavy atom. The van der Waals surface area contributed by atoms with Crippen LogP contribution >= 0.6 is 15.9 Å². The molecule has 1 aromatic heterocycles. The van der Waals surface area contributed by atoms with Gasteiger partial charge in [-0.1, -0.05) is 49.8 Å². The van der Waals surface area contributed by atoms with Crippen LogP contribution in [0.3, 0.4) is 0 Å². The number of carbonyl (C=O) groups excluding carboxylic acids is 1. The van der Waals surface area contributed by atoms with Gasteiger partial charge >= 0.3 is 5.63 Å². The van der Waals surface area contributed by atoms with Gasteiger partial charge in [-0.05, 0) is 41.4 Å².